The minimum atomic E-state index is -0.938. The fraction of sp³-hybridized carbons (Fsp3) is 0.389. The van der Waals surface area contributed by atoms with Crippen LogP contribution in [0, 0.1) is 11.8 Å². The van der Waals surface area contributed by atoms with E-state index in [1.165, 1.54) is 0 Å². The van der Waals surface area contributed by atoms with Gasteiger partial charge in [-0.25, -0.2) is 4.68 Å². The first-order valence-electron chi connectivity index (χ1n) is 8.70. The number of carboxylic acids is 1. The van der Waals surface area contributed by atoms with Gasteiger partial charge in [-0.2, -0.15) is 0 Å². The summed E-state index contributed by atoms with van der Waals surface area (Å²) in [5, 5.41) is 24.1. The summed E-state index contributed by atoms with van der Waals surface area (Å²) in [7, 11) is 0. The molecule has 26 heavy (non-hydrogen) atoms. The highest BCUT2D eigenvalue weighted by Gasteiger charge is 2.34. The molecule has 1 aromatic carbocycles. The quantitative estimate of drug-likeness (QED) is 0.798. The summed E-state index contributed by atoms with van der Waals surface area (Å²) in [6.45, 7) is 0. The van der Waals surface area contributed by atoms with E-state index in [0.717, 1.165) is 18.4 Å². The molecule has 0 spiro atoms. The average molecular weight is 353 g/mol. The van der Waals surface area contributed by atoms with Crippen molar-refractivity contribution in [3.63, 3.8) is 0 Å². The lowest BCUT2D eigenvalue weighted by Gasteiger charge is -2.24. The van der Waals surface area contributed by atoms with Crippen molar-refractivity contribution in [3.8, 4) is 11.4 Å². The van der Waals surface area contributed by atoms with Crippen LogP contribution in [-0.4, -0.2) is 37.2 Å². The summed E-state index contributed by atoms with van der Waals surface area (Å²) >= 11 is 0. The number of nitrogens with zero attached hydrogens (tertiary/aromatic N) is 4. The summed E-state index contributed by atoms with van der Waals surface area (Å²) < 4.78 is 1.81. The monoisotopic (exact) mass is 353 g/mol. The molecule has 1 fully saturated rings. The molecule has 8 heteroatoms. The van der Waals surface area contributed by atoms with E-state index in [0.29, 0.717) is 30.4 Å². The predicted octanol–water partition coefficient (Wildman–Crippen LogP) is 2.28. The Labute approximate surface area is 149 Å². The first-order valence-corrected chi connectivity index (χ1v) is 8.70. The molecule has 0 bridgehead atoms. The molecule has 0 saturated heterocycles. The number of allylic oxidation sites excluding steroid dienone is 2. The van der Waals surface area contributed by atoms with Gasteiger partial charge in [-0.1, -0.05) is 24.3 Å². The number of carbonyl (C=O) groups excluding carboxylic acids is 1. The van der Waals surface area contributed by atoms with E-state index in [1.807, 2.05) is 35.0 Å². The van der Waals surface area contributed by atoms with Gasteiger partial charge in [0.2, 0.25) is 5.91 Å². The number of benzene rings is 1. The van der Waals surface area contributed by atoms with Crippen LogP contribution in [0.5, 0.6) is 0 Å². The molecule has 1 saturated carbocycles. The van der Waals surface area contributed by atoms with Crippen molar-refractivity contribution in [1.82, 2.24) is 20.2 Å². The standard InChI is InChI=1S/C18H19N5O3/c24-17(14-6-1-2-7-15(14)18(25)26)19-12-5-3-4-11(10-12)16-20-21-22-23(16)13-8-9-13/h1-5,10,13-15H,6-9H2,(H,19,24)(H,25,26)/t14-,15+/m0/s1. The lowest BCUT2D eigenvalue weighted by atomic mass is 9.82. The second-order valence-electron chi connectivity index (χ2n) is 6.74. The zero-order valence-corrected chi connectivity index (χ0v) is 14.1. The van der Waals surface area contributed by atoms with Crippen LogP contribution in [-0.2, 0) is 9.59 Å². The fourth-order valence-electron chi connectivity index (χ4n) is 3.30. The van der Waals surface area contributed by atoms with Gasteiger partial charge in [0.25, 0.3) is 0 Å². The number of hydrogen-bond acceptors (Lipinski definition) is 5. The number of aliphatic carboxylic acids is 1. The van der Waals surface area contributed by atoms with Gasteiger partial charge >= 0.3 is 5.97 Å². The van der Waals surface area contributed by atoms with Crippen LogP contribution in [0.25, 0.3) is 11.4 Å². The number of amides is 1. The predicted molar refractivity (Wildman–Crippen MR) is 93.1 cm³/mol. The van der Waals surface area contributed by atoms with Gasteiger partial charge in [-0.15, -0.1) is 5.10 Å². The summed E-state index contributed by atoms with van der Waals surface area (Å²) in [4.78, 5) is 24.0. The Morgan fingerprint density at radius 2 is 1.92 bits per heavy atom. The molecule has 2 aliphatic rings. The zero-order chi connectivity index (χ0) is 18.1. The number of tetrazole rings is 1. The third-order valence-corrected chi connectivity index (χ3v) is 4.86. The molecule has 1 aromatic heterocycles. The highest BCUT2D eigenvalue weighted by atomic mass is 16.4. The molecule has 1 amide bonds. The maximum absolute atomic E-state index is 12.6. The van der Waals surface area contributed by atoms with E-state index in [4.69, 9.17) is 0 Å². The van der Waals surface area contributed by atoms with Gasteiger partial charge in [0.05, 0.1) is 17.9 Å². The van der Waals surface area contributed by atoms with Crippen LogP contribution in [0.3, 0.4) is 0 Å². The molecule has 2 aliphatic carbocycles. The average Bonchev–Trinajstić information content (AvgIpc) is 3.38. The summed E-state index contributed by atoms with van der Waals surface area (Å²) in [6.07, 6.45) is 6.64. The Morgan fingerprint density at radius 1 is 1.15 bits per heavy atom. The molecular formula is C18H19N5O3. The number of hydrogen-bond donors (Lipinski definition) is 2. The van der Waals surface area contributed by atoms with Crippen molar-refractivity contribution in [1.29, 1.82) is 0 Å². The van der Waals surface area contributed by atoms with Crippen LogP contribution in [0.4, 0.5) is 5.69 Å². The van der Waals surface area contributed by atoms with Crippen molar-refractivity contribution >= 4 is 17.6 Å². The van der Waals surface area contributed by atoms with E-state index < -0.39 is 17.8 Å². The summed E-state index contributed by atoms with van der Waals surface area (Å²) in [6, 6.07) is 7.66. The Kier molecular flexibility index (Phi) is 4.24. The molecule has 0 aliphatic heterocycles. The summed E-state index contributed by atoms with van der Waals surface area (Å²) in [5.41, 5.74) is 1.43. The van der Waals surface area contributed by atoms with E-state index in [1.54, 1.807) is 6.07 Å². The molecule has 2 atom stereocenters. The van der Waals surface area contributed by atoms with Gasteiger partial charge in [0, 0.05) is 11.3 Å². The number of aromatic nitrogens is 4. The van der Waals surface area contributed by atoms with Gasteiger partial charge < -0.3 is 10.4 Å². The van der Waals surface area contributed by atoms with Crippen LogP contribution >= 0.6 is 0 Å². The fourth-order valence-corrected chi connectivity index (χ4v) is 3.30. The second-order valence-corrected chi connectivity index (χ2v) is 6.74. The minimum absolute atomic E-state index is 0.277. The van der Waals surface area contributed by atoms with Crippen LogP contribution < -0.4 is 5.32 Å². The first-order chi connectivity index (χ1) is 12.6. The Hall–Kier alpha value is -3.03. The number of anilines is 1. The smallest absolute Gasteiger partial charge is 0.307 e. The van der Waals surface area contributed by atoms with Crippen molar-refractivity contribution in [2.45, 2.75) is 31.7 Å². The van der Waals surface area contributed by atoms with Crippen LogP contribution in [0.15, 0.2) is 36.4 Å². The zero-order valence-electron chi connectivity index (χ0n) is 14.1. The molecular weight excluding hydrogens is 334 g/mol. The SMILES string of the molecule is O=C(Nc1cccc(-c2nnnn2C2CC2)c1)[C@H]1CC=CC[C@H]1C(=O)O. The Balaban J connectivity index is 1.53. The third-order valence-electron chi connectivity index (χ3n) is 4.86. The van der Waals surface area contributed by atoms with Gasteiger partial charge in [-0.05, 0) is 48.2 Å². The number of rotatable bonds is 5. The van der Waals surface area contributed by atoms with Gasteiger partial charge in [0.1, 0.15) is 0 Å². The normalized spacial score (nSPS) is 22.2. The van der Waals surface area contributed by atoms with E-state index in [-0.39, 0.29) is 5.91 Å². The van der Waals surface area contributed by atoms with E-state index in [9.17, 15) is 14.7 Å². The lowest BCUT2D eigenvalue weighted by Crippen LogP contribution is -2.34. The highest BCUT2D eigenvalue weighted by molar-refractivity contribution is 5.95. The van der Waals surface area contributed by atoms with Crippen molar-refractivity contribution < 1.29 is 14.7 Å². The lowest BCUT2D eigenvalue weighted by molar-refractivity contribution is -0.146. The molecule has 2 aromatic rings. The van der Waals surface area contributed by atoms with Crippen molar-refractivity contribution in [2.75, 3.05) is 5.32 Å². The Bertz CT molecular complexity index is 871. The van der Waals surface area contributed by atoms with Crippen molar-refractivity contribution in [3.05, 3.63) is 36.4 Å². The number of nitrogens with one attached hydrogen (secondary N) is 1. The maximum atomic E-state index is 12.6. The molecule has 4 rings (SSSR count). The molecule has 8 nitrogen and oxygen atoms in total. The van der Waals surface area contributed by atoms with E-state index in [2.05, 4.69) is 20.8 Å². The third kappa shape index (κ3) is 3.22. The Morgan fingerprint density at radius 3 is 2.65 bits per heavy atom. The largest absolute Gasteiger partial charge is 0.481 e. The minimum Gasteiger partial charge on any atom is -0.481 e. The number of carboxylic acid groups (broad SMARTS) is 1. The van der Waals surface area contributed by atoms with Gasteiger partial charge in [0.15, 0.2) is 5.82 Å². The van der Waals surface area contributed by atoms with E-state index >= 15 is 0 Å². The van der Waals surface area contributed by atoms with Crippen LogP contribution in [0.2, 0.25) is 0 Å². The topological polar surface area (TPSA) is 110 Å². The highest BCUT2D eigenvalue weighted by Crippen LogP contribution is 2.37. The summed E-state index contributed by atoms with van der Waals surface area (Å²) in [5.74, 6) is -1.80. The molecule has 2 N–H and O–H groups in total. The first kappa shape index (κ1) is 16.4. The molecule has 0 radical (unpaired) electrons. The molecule has 0 unspecified atom stereocenters. The van der Waals surface area contributed by atoms with Crippen LogP contribution in [0.1, 0.15) is 31.7 Å². The van der Waals surface area contributed by atoms with Crippen molar-refractivity contribution in [2.24, 2.45) is 11.8 Å². The molecule has 134 valence electrons. The maximum Gasteiger partial charge on any atom is 0.307 e. The molecule has 1 heterocycles. The second kappa shape index (κ2) is 6.70. The number of carbonyl (C=O) groups is 2. The van der Waals surface area contributed by atoms with Gasteiger partial charge in [-0.3, -0.25) is 9.59 Å².